The minimum Gasteiger partial charge on any atom is -0.340 e. The molecule has 0 spiro atoms. The largest absolute Gasteiger partial charge is 0.340 e. The van der Waals surface area contributed by atoms with Gasteiger partial charge in [0, 0.05) is 18.5 Å². The molecule has 0 aliphatic heterocycles. The van der Waals surface area contributed by atoms with Gasteiger partial charge in [-0.1, -0.05) is 22.8 Å². The SMILES string of the molecule is Cc1nc(CNCc2ccc(C#N)cc2Cl)no1. The Hall–Kier alpha value is -1.90. The zero-order valence-electron chi connectivity index (χ0n) is 9.77. The van der Waals surface area contributed by atoms with Crippen LogP contribution in [0.15, 0.2) is 22.7 Å². The Labute approximate surface area is 109 Å². The summed E-state index contributed by atoms with van der Waals surface area (Å²) in [5, 5.41) is 16.2. The molecular weight excluding hydrogens is 252 g/mol. The molecule has 0 aliphatic rings. The quantitative estimate of drug-likeness (QED) is 0.914. The van der Waals surface area contributed by atoms with Crippen molar-refractivity contribution in [3.63, 3.8) is 0 Å². The molecule has 0 amide bonds. The predicted molar refractivity (Wildman–Crippen MR) is 65.7 cm³/mol. The van der Waals surface area contributed by atoms with Crippen LogP contribution in [0.1, 0.15) is 22.8 Å². The van der Waals surface area contributed by atoms with Gasteiger partial charge in [0.1, 0.15) is 0 Å². The normalized spacial score (nSPS) is 10.3. The summed E-state index contributed by atoms with van der Waals surface area (Å²) in [6, 6.07) is 7.26. The number of halogens is 1. The van der Waals surface area contributed by atoms with Gasteiger partial charge in [-0.05, 0) is 17.7 Å². The lowest BCUT2D eigenvalue weighted by Crippen LogP contribution is -2.14. The van der Waals surface area contributed by atoms with Gasteiger partial charge in [0.25, 0.3) is 0 Å². The Balaban J connectivity index is 1.92. The highest BCUT2D eigenvalue weighted by molar-refractivity contribution is 6.31. The molecule has 5 nitrogen and oxygen atoms in total. The molecule has 0 saturated heterocycles. The van der Waals surface area contributed by atoms with Crippen LogP contribution in [0.4, 0.5) is 0 Å². The lowest BCUT2D eigenvalue weighted by molar-refractivity contribution is 0.385. The van der Waals surface area contributed by atoms with Crippen molar-refractivity contribution in [2.24, 2.45) is 0 Å². The Morgan fingerprint density at radius 3 is 2.89 bits per heavy atom. The Bertz CT molecular complexity index is 588. The van der Waals surface area contributed by atoms with Gasteiger partial charge in [-0.3, -0.25) is 0 Å². The summed E-state index contributed by atoms with van der Waals surface area (Å²) in [5.41, 5.74) is 1.48. The van der Waals surface area contributed by atoms with Crippen molar-refractivity contribution in [1.82, 2.24) is 15.5 Å². The summed E-state index contributed by atoms with van der Waals surface area (Å²) in [6.45, 7) is 2.83. The van der Waals surface area contributed by atoms with Crippen molar-refractivity contribution >= 4 is 11.6 Å². The Morgan fingerprint density at radius 2 is 2.28 bits per heavy atom. The van der Waals surface area contributed by atoms with Crippen molar-refractivity contribution in [2.75, 3.05) is 0 Å². The average molecular weight is 263 g/mol. The number of rotatable bonds is 4. The number of hydrogen-bond acceptors (Lipinski definition) is 5. The van der Waals surface area contributed by atoms with E-state index < -0.39 is 0 Å². The molecule has 0 unspecified atom stereocenters. The smallest absolute Gasteiger partial charge is 0.223 e. The number of hydrogen-bond donors (Lipinski definition) is 1. The van der Waals surface area contributed by atoms with Crippen LogP contribution in [0.3, 0.4) is 0 Å². The summed E-state index contributed by atoms with van der Waals surface area (Å²) >= 11 is 6.05. The zero-order valence-corrected chi connectivity index (χ0v) is 10.5. The first kappa shape index (κ1) is 12.6. The first-order valence-electron chi connectivity index (χ1n) is 5.37. The van der Waals surface area contributed by atoms with Crippen LogP contribution in [0, 0.1) is 18.3 Å². The van der Waals surface area contributed by atoms with Gasteiger partial charge in [-0.25, -0.2) is 0 Å². The molecule has 1 N–H and O–H groups in total. The fourth-order valence-electron chi connectivity index (χ4n) is 1.48. The molecule has 1 aromatic heterocycles. The lowest BCUT2D eigenvalue weighted by atomic mass is 10.1. The highest BCUT2D eigenvalue weighted by atomic mass is 35.5. The van der Waals surface area contributed by atoms with E-state index in [2.05, 4.69) is 15.5 Å². The maximum atomic E-state index is 8.73. The lowest BCUT2D eigenvalue weighted by Gasteiger charge is -2.05. The van der Waals surface area contributed by atoms with Gasteiger partial charge in [0.05, 0.1) is 18.2 Å². The molecule has 0 atom stereocenters. The summed E-state index contributed by atoms with van der Waals surface area (Å²) in [7, 11) is 0. The van der Waals surface area contributed by atoms with Crippen LogP contribution < -0.4 is 5.32 Å². The van der Waals surface area contributed by atoms with E-state index in [9.17, 15) is 0 Å². The number of benzene rings is 1. The molecule has 1 heterocycles. The highest BCUT2D eigenvalue weighted by Gasteiger charge is 2.04. The first-order chi connectivity index (χ1) is 8.69. The van der Waals surface area contributed by atoms with Crippen LogP contribution >= 0.6 is 11.6 Å². The minimum absolute atomic E-state index is 0.508. The van der Waals surface area contributed by atoms with Gasteiger partial charge in [-0.15, -0.1) is 0 Å². The standard InChI is InChI=1S/C12H11ClN4O/c1-8-16-12(17-18-8)7-15-6-10-3-2-9(5-14)4-11(10)13/h2-4,15H,6-7H2,1H3. The van der Waals surface area contributed by atoms with Crippen molar-refractivity contribution in [2.45, 2.75) is 20.0 Å². The van der Waals surface area contributed by atoms with Gasteiger partial charge in [0.2, 0.25) is 5.89 Å². The average Bonchev–Trinajstić information content (AvgIpc) is 2.77. The Kier molecular flexibility index (Phi) is 3.92. The van der Waals surface area contributed by atoms with Gasteiger partial charge < -0.3 is 9.84 Å². The van der Waals surface area contributed by atoms with Crippen molar-refractivity contribution in [3.8, 4) is 6.07 Å². The van der Waals surface area contributed by atoms with Gasteiger partial charge in [-0.2, -0.15) is 10.2 Å². The van der Waals surface area contributed by atoms with Crippen molar-refractivity contribution in [1.29, 1.82) is 5.26 Å². The van der Waals surface area contributed by atoms with E-state index >= 15 is 0 Å². The van der Waals surface area contributed by atoms with Gasteiger partial charge >= 0.3 is 0 Å². The fraction of sp³-hybridized carbons (Fsp3) is 0.250. The topological polar surface area (TPSA) is 74.7 Å². The number of aryl methyl sites for hydroxylation is 1. The second-order valence-electron chi connectivity index (χ2n) is 3.75. The molecule has 0 saturated carbocycles. The fourth-order valence-corrected chi connectivity index (χ4v) is 1.73. The van der Waals surface area contributed by atoms with Crippen LogP contribution in [-0.2, 0) is 13.1 Å². The van der Waals surface area contributed by atoms with E-state index in [-0.39, 0.29) is 0 Å². The molecule has 92 valence electrons. The maximum Gasteiger partial charge on any atom is 0.223 e. The minimum atomic E-state index is 0.508. The second-order valence-corrected chi connectivity index (χ2v) is 4.16. The number of nitrogens with one attached hydrogen (secondary N) is 1. The molecule has 1 aromatic carbocycles. The predicted octanol–water partition coefficient (Wildman–Crippen LogP) is 2.19. The third-order valence-corrected chi connectivity index (χ3v) is 2.70. The van der Waals surface area contributed by atoms with Crippen LogP contribution in [0.5, 0.6) is 0 Å². The van der Waals surface area contributed by atoms with E-state index in [0.717, 1.165) is 5.56 Å². The monoisotopic (exact) mass is 262 g/mol. The number of aromatic nitrogens is 2. The van der Waals surface area contributed by atoms with Crippen molar-refractivity contribution in [3.05, 3.63) is 46.1 Å². The summed E-state index contributed by atoms with van der Waals surface area (Å²) in [4.78, 5) is 4.08. The van der Waals surface area contributed by atoms with Gasteiger partial charge in [0.15, 0.2) is 5.82 Å². The molecule has 0 aliphatic carbocycles. The first-order valence-corrected chi connectivity index (χ1v) is 5.75. The summed E-state index contributed by atoms with van der Waals surface area (Å²) in [5.74, 6) is 1.15. The molecule has 2 rings (SSSR count). The molecular formula is C12H11ClN4O. The highest BCUT2D eigenvalue weighted by Crippen LogP contribution is 2.17. The van der Waals surface area contributed by atoms with Crippen LogP contribution in [-0.4, -0.2) is 10.1 Å². The summed E-state index contributed by atoms with van der Waals surface area (Å²) < 4.78 is 4.86. The Morgan fingerprint density at radius 1 is 1.44 bits per heavy atom. The van der Waals surface area contributed by atoms with Crippen LogP contribution in [0.2, 0.25) is 5.02 Å². The van der Waals surface area contributed by atoms with E-state index in [4.69, 9.17) is 21.4 Å². The third kappa shape index (κ3) is 3.06. The molecule has 18 heavy (non-hydrogen) atoms. The molecule has 0 bridgehead atoms. The zero-order chi connectivity index (χ0) is 13.0. The molecule has 2 aromatic rings. The van der Waals surface area contributed by atoms with E-state index in [0.29, 0.717) is 35.4 Å². The van der Waals surface area contributed by atoms with E-state index in [1.165, 1.54) is 0 Å². The maximum absolute atomic E-state index is 8.73. The molecule has 0 radical (unpaired) electrons. The van der Waals surface area contributed by atoms with Crippen LogP contribution in [0.25, 0.3) is 0 Å². The number of nitriles is 1. The second kappa shape index (κ2) is 5.63. The van der Waals surface area contributed by atoms with E-state index in [1.54, 1.807) is 19.1 Å². The number of nitrogens with zero attached hydrogens (tertiary/aromatic N) is 3. The van der Waals surface area contributed by atoms with Crippen molar-refractivity contribution < 1.29 is 4.52 Å². The van der Waals surface area contributed by atoms with E-state index in [1.807, 2.05) is 12.1 Å². The summed E-state index contributed by atoms with van der Waals surface area (Å²) in [6.07, 6.45) is 0. The third-order valence-electron chi connectivity index (χ3n) is 2.35. The molecule has 0 fully saturated rings. The molecule has 6 heteroatoms.